The van der Waals surface area contributed by atoms with Gasteiger partial charge >= 0.3 is 0 Å². The minimum atomic E-state index is -0.385. The summed E-state index contributed by atoms with van der Waals surface area (Å²) in [6, 6.07) is 4.91. The zero-order valence-electron chi connectivity index (χ0n) is 7.50. The molecule has 0 aliphatic heterocycles. The van der Waals surface area contributed by atoms with Crippen LogP contribution in [0.25, 0.3) is 10.9 Å². The molecule has 1 heterocycles. The lowest BCUT2D eigenvalue weighted by Crippen LogP contribution is -2.08. The number of hydrogen-bond donors (Lipinski definition) is 1. The monoisotopic (exact) mass is 212 g/mol. The molecule has 74 valence electrons. The van der Waals surface area contributed by atoms with Crippen LogP contribution in [0.4, 0.5) is 4.39 Å². The lowest BCUT2D eigenvalue weighted by Gasteiger charge is -2.03. The van der Waals surface area contributed by atoms with E-state index in [4.69, 9.17) is 17.3 Å². The maximum absolute atomic E-state index is 13.1. The van der Waals surface area contributed by atoms with Crippen LogP contribution in [0.1, 0.15) is 0 Å². The molecule has 1 aromatic heterocycles. The van der Waals surface area contributed by atoms with E-state index in [9.17, 15) is 4.39 Å². The van der Waals surface area contributed by atoms with Gasteiger partial charge in [-0.25, -0.2) is 4.39 Å². The number of halogens is 2. The van der Waals surface area contributed by atoms with Crippen LogP contribution >= 0.6 is 11.6 Å². The van der Waals surface area contributed by atoms with Gasteiger partial charge in [-0.1, -0.05) is 11.6 Å². The Kier molecular flexibility index (Phi) is 2.44. The van der Waals surface area contributed by atoms with Crippen LogP contribution in [0.3, 0.4) is 0 Å². The summed E-state index contributed by atoms with van der Waals surface area (Å²) in [6.07, 6.45) is 1.88. The molecule has 0 radical (unpaired) electrons. The fourth-order valence-electron chi connectivity index (χ4n) is 1.52. The molecular formula is C10H10ClFN2. The van der Waals surface area contributed by atoms with E-state index in [1.54, 1.807) is 6.07 Å². The van der Waals surface area contributed by atoms with Crippen molar-refractivity contribution in [2.75, 3.05) is 6.54 Å². The Hall–Kier alpha value is -1.06. The average molecular weight is 213 g/mol. The second-order valence-electron chi connectivity index (χ2n) is 3.12. The van der Waals surface area contributed by atoms with Gasteiger partial charge in [0.15, 0.2) is 0 Å². The summed E-state index contributed by atoms with van der Waals surface area (Å²) in [7, 11) is 0. The van der Waals surface area contributed by atoms with E-state index in [1.165, 1.54) is 6.07 Å². The van der Waals surface area contributed by atoms with Crippen molar-refractivity contribution >= 4 is 22.5 Å². The molecule has 0 amide bonds. The third kappa shape index (κ3) is 1.49. The first-order chi connectivity index (χ1) is 6.72. The van der Waals surface area contributed by atoms with E-state index >= 15 is 0 Å². The van der Waals surface area contributed by atoms with Gasteiger partial charge in [-0.2, -0.15) is 0 Å². The first-order valence-corrected chi connectivity index (χ1v) is 4.74. The van der Waals surface area contributed by atoms with Crippen molar-refractivity contribution in [3.05, 3.63) is 35.2 Å². The van der Waals surface area contributed by atoms with E-state index in [-0.39, 0.29) is 10.8 Å². The molecule has 0 saturated carbocycles. The molecule has 0 unspecified atom stereocenters. The standard InChI is InChI=1S/C10H10ClFN2/c11-8-6-10-7(5-9(8)12)1-3-14(10)4-2-13/h1,3,5-6H,2,4,13H2. The summed E-state index contributed by atoms with van der Waals surface area (Å²) >= 11 is 5.70. The smallest absolute Gasteiger partial charge is 0.142 e. The van der Waals surface area contributed by atoms with Crippen LogP contribution in [-0.4, -0.2) is 11.1 Å². The first-order valence-electron chi connectivity index (χ1n) is 4.36. The van der Waals surface area contributed by atoms with Crippen molar-refractivity contribution in [2.24, 2.45) is 5.73 Å². The highest BCUT2D eigenvalue weighted by atomic mass is 35.5. The Morgan fingerprint density at radius 2 is 2.21 bits per heavy atom. The lowest BCUT2D eigenvalue weighted by molar-refractivity contribution is 0.630. The van der Waals surface area contributed by atoms with Gasteiger partial charge in [0, 0.05) is 30.2 Å². The highest BCUT2D eigenvalue weighted by Gasteiger charge is 2.05. The molecule has 0 saturated heterocycles. The Labute approximate surface area is 86.1 Å². The fourth-order valence-corrected chi connectivity index (χ4v) is 1.68. The van der Waals surface area contributed by atoms with E-state index in [2.05, 4.69) is 0 Å². The largest absolute Gasteiger partial charge is 0.346 e. The van der Waals surface area contributed by atoms with Gasteiger partial charge in [-0.3, -0.25) is 0 Å². The average Bonchev–Trinajstić information content (AvgIpc) is 2.51. The molecule has 2 rings (SSSR count). The quantitative estimate of drug-likeness (QED) is 0.814. The first kappa shape index (κ1) is 9.49. The van der Waals surface area contributed by atoms with Gasteiger partial charge in [0.25, 0.3) is 0 Å². The van der Waals surface area contributed by atoms with Gasteiger partial charge in [-0.05, 0) is 18.2 Å². The van der Waals surface area contributed by atoms with Gasteiger partial charge < -0.3 is 10.3 Å². The predicted octanol–water partition coefficient (Wildman–Crippen LogP) is 2.39. The molecule has 0 aliphatic rings. The topological polar surface area (TPSA) is 30.9 Å². The molecular weight excluding hydrogens is 203 g/mol. The van der Waals surface area contributed by atoms with Crippen LogP contribution in [-0.2, 0) is 6.54 Å². The van der Waals surface area contributed by atoms with E-state index < -0.39 is 0 Å². The predicted molar refractivity (Wildman–Crippen MR) is 56.0 cm³/mol. The van der Waals surface area contributed by atoms with Crippen LogP contribution in [0.15, 0.2) is 24.4 Å². The molecule has 0 fully saturated rings. The maximum Gasteiger partial charge on any atom is 0.142 e. The van der Waals surface area contributed by atoms with Crippen molar-refractivity contribution in [3.63, 3.8) is 0 Å². The Balaban J connectivity index is 2.61. The van der Waals surface area contributed by atoms with Crippen molar-refractivity contribution in [1.29, 1.82) is 0 Å². The number of rotatable bonds is 2. The Bertz CT molecular complexity index is 464. The molecule has 1 aromatic carbocycles. The van der Waals surface area contributed by atoms with Crippen LogP contribution in [0.5, 0.6) is 0 Å². The lowest BCUT2D eigenvalue weighted by atomic mass is 10.2. The molecule has 0 atom stereocenters. The maximum atomic E-state index is 13.1. The number of nitrogens with two attached hydrogens (primary N) is 1. The zero-order chi connectivity index (χ0) is 10.1. The second-order valence-corrected chi connectivity index (χ2v) is 3.53. The number of aromatic nitrogens is 1. The molecule has 2 N–H and O–H groups in total. The second kappa shape index (κ2) is 3.59. The van der Waals surface area contributed by atoms with Crippen molar-refractivity contribution in [1.82, 2.24) is 4.57 Å². The summed E-state index contributed by atoms with van der Waals surface area (Å²) in [5, 5.41) is 0.995. The number of fused-ring (bicyclic) bond motifs is 1. The summed E-state index contributed by atoms with van der Waals surface area (Å²) in [4.78, 5) is 0. The van der Waals surface area contributed by atoms with E-state index in [1.807, 2.05) is 16.8 Å². The number of hydrogen-bond acceptors (Lipinski definition) is 1. The minimum absolute atomic E-state index is 0.148. The molecule has 0 spiro atoms. The van der Waals surface area contributed by atoms with Gasteiger partial charge in [0.2, 0.25) is 0 Å². The zero-order valence-corrected chi connectivity index (χ0v) is 8.26. The highest BCUT2D eigenvalue weighted by Crippen LogP contribution is 2.23. The Morgan fingerprint density at radius 1 is 1.43 bits per heavy atom. The third-order valence-corrected chi connectivity index (χ3v) is 2.47. The van der Waals surface area contributed by atoms with Crippen molar-refractivity contribution in [2.45, 2.75) is 6.54 Å². The van der Waals surface area contributed by atoms with E-state index in [0.717, 1.165) is 10.9 Å². The Morgan fingerprint density at radius 3 is 2.93 bits per heavy atom. The summed E-state index contributed by atoms with van der Waals surface area (Å²) in [5.74, 6) is -0.385. The van der Waals surface area contributed by atoms with Gasteiger partial charge in [0.05, 0.1) is 5.02 Å². The highest BCUT2D eigenvalue weighted by molar-refractivity contribution is 6.31. The minimum Gasteiger partial charge on any atom is -0.346 e. The molecule has 14 heavy (non-hydrogen) atoms. The molecule has 2 nitrogen and oxygen atoms in total. The number of benzene rings is 1. The summed E-state index contributed by atoms with van der Waals surface area (Å²) < 4.78 is 15.0. The fraction of sp³-hybridized carbons (Fsp3) is 0.200. The number of nitrogens with zero attached hydrogens (tertiary/aromatic N) is 1. The normalized spacial score (nSPS) is 11.1. The summed E-state index contributed by atoms with van der Waals surface area (Å²) in [5.41, 5.74) is 6.37. The SMILES string of the molecule is NCCn1ccc2cc(F)c(Cl)cc21. The van der Waals surface area contributed by atoms with Crippen molar-refractivity contribution in [3.8, 4) is 0 Å². The van der Waals surface area contributed by atoms with Crippen LogP contribution < -0.4 is 5.73 Å². The van der Waals surface area contributed by atoms with Crippen LogP contribution in [0.2, 0.25) is 5.02 Å². The molecule has 4 heteroatoms. The third-order valence-electron chi connectivity index (χ3n) is 2.18. The molecule has 2 aromatic rings. The van der Waals surface area contributed by atoms with Crippen LogP contribution in [0, 0.1) is 5.82 Å². The molecule has 0 bridgehead atoms. The van der Waals surface area contributed by atoms with Gasteiger partial charge in [-0.15, -0.1) is 0 Å². The summed E-state index contributed by atoms with van der Waals surface area (Å²) in [6.45, 7) is 1.27. The van der Waals surface area contributed by atoms with E-state index in [0.29, 0.717) is 13.1 Å². The molecule has 0 aliphatic carbocycles. The van der Waals surface area contributed by atoms with Gasteiger partial charge in [0.1, 0.15) is 5.82 Å². The van der Waals surface area contributed by atoms with Crippen molar-refractivity contribution < 1.29 is 4.39 Å².